The van der Waals surface area contributed by atoms with Crippen LogP contribution in [0.5, 0.6) is 0 Å². The van der Waals surface area contributed by atoms with Crippen molar-refractivity contribution >= 4 is 22.7 Å². The third-order valence-corrected chi connectivity index (χ3v) is 5.81. The highest BCUT2D eigenvalue weighted by atomic mass is 32.2. The topological polar surface area (TPSA) is 78.5 Å². The summed E-state index contributed by atoms with van der Waals surface area (Å²) < 4.78 is 50.1. The van der Waals surface area contributed by atoms with Crippen molar-refractivity contribution in [3.63, 3.8) is 0 Å². The standard InChI is InChI=1S/C19H22F3NO4S/c1-3-27-23-12(2)18-16(24)10-13(11-17(18)25)8-9-28(26)15-6-4-14(5-7-15)19(20,21)22/h4-7,13,23H,3,8-11H2,1-2H3. The first-order valence-corrected chi connectivity index (χ1v) is 10.2. The lowest BCUT2D eigenvalue weighted by Gasteiger charge is -2.23. The Morgan fingerprint density at radius 1 is 1.21 bits per heavy atom. The molecule has 1 aromatic carbocycles. The van der Waals surface area contributed by atoms with E-state index >= 15 is 0 Å². The number of rotatable bonds is 7. The van der Waals surface area contributed by atoms with Crippen LogP contribution in [0.25, 0.3) is 0 Å². The number of hydroxylamine groups is 1. The monoisotopic (exact) mass is 417 g/mol. The van der Waals surface area contributed by atoms with Gasteiger partial charge in [0, 0.05) is 18.5 Å². The summed E-state index contributed by atoms with van der Waals surface area (Å²) in [6.07, 6.45) is -3.74. The van der Waals surface area contributed by atoms with Crippen molar-refractivity contribution in [3.8, 4) is 0 Å². The SMILES string of the molecule is CCONC(C)=C1C(=O)CC(CC[S+]([O-])c2ccc(C(F)(F)F)cc2)CC1=O. The molecule has 0 heterocycles. The summed E-state index contributed by atoms with van der Waals surface area (Å²) in [6, 6.07) is 4.18. The number of hydrogen-bond donors (Lipinski definition) is 1. The molecule has 0 aliphatic heterocycles. The van der Waals surface area contributed by atoms with Crippen molar-refractivity contribution in [1.29, 1.82) is 0 Å². The average Bonchev–Trinajstić information content (AvgIpc) is 2.63. The molecule has 1 fully saturated rings. The lowest BCUT2D eigenvalue weighted by molar-refractivity contribution is -0.137. The zero-order chi connectivity index (χ0) is 20.9. The lowest BCUT2D eigenvalue weighted by Crippen LogP contribution is -2.30. The van der Waals surface area contributed by atoms with Crippen LogP contribution in [0, 0.1) is 5.92 Å². The first-order chi connectivity index (χ1) is 13.1. The number of Topliss-reactive ketones (excluding diaryl/α,β-unsaturated/α-hetero) is 2. The Hall–Kier alpha value is -1.84. The van der Waals surface area contributed by atoms with Gasteiger partial charge in [-0.1, -0.05) is 0 Å². The van der Waals surface area contributed by atoms with Gasteiger partial charge >= 0.3 is 6.18 Å². The maximum atomic E-state index is 12.6. The van der Waals surface area contributed by atoms with Crippen LogP contribution in [0.4, 0.5) is 13.2 Å². The largest absolute Gasteiger partial charge is 0.611 e. The normalized spacial score (nSPS) is 18.9. The summed E-state index contributed by atoms with van der Waals surface area (Å²) in [6.45, 7) is 3.74. The fraction of sp³-hybridized carbons (Fsp3) is 0.474. The van der Waals surface area contributed by atoms with Crippen LogP contribution in [-0.4, -0.2) is 28.5 Å². The molecule has 1 saturated carbocycles. The van der Waals surface area contributed by atoms with E-state index in [2.05, 4.69) is 5.48 Å². The number of carbonyl (C=O) groups is 2. The number of halogens is 3. The quantitative estimate of drug-likeness (QED) is 0.318. The van der Waals surface area contributed by atoms with Gasteiger partial charge in [-0.15, -0.1) is 0 Å². The minimum Gasteiger partial charge on any atom is -0.611 e. The van der Waals surface area contributed by atoms with Gasteiger partial charge in [0.15, 0.2) is 16.5 Å². The number of hydrogen-bond acceptors (Lipinski definition) is 5. The maximum Gasteiger partial charge on any atom is 0.416 e. The lowest BCUT2D eigenvalue weighted by atomic mass is 9.82. The van der Waals surface area contributed by atoms with Gasteiger partial charge < -0.3 is 4.55 Å². The molecule has 2 rings (SSSR count). The number of nitrogens with one attached hydrogen (secondary N) is 1. The van der Waals surface area contributed by atoms with Crippen molar-refractivity contribution in [1.82, 2.24) is 5.48 Å². The molecule has 0 radical (unpaired) electrons. The minimum absolute atomic E-state index is 0.105. The van der Waals surface area contributed by atoms with Crippen LogP contribution in [0.2, 0.25) is 0 Å². The molecule has 1 aliphatic carbocycles. The number of benzene rings is 1. The number of ketones is 2. The van der Waals surface area contributed by atoms with Gasteiger partial charge in [-0.3, -0.25) is 19.9 Å². The molecule has 0 saturated heterocycles. The van der Waals surface area contributed by atoms with Gasteiger partial charge in [-0.25, -0.2) is 0 Å². The zero-order valence-corrected chi connectivity index (χ0v) is 16.4. The summed E-state index contributed by atoms with van der Waals surface area (Å²) in [5.41, 5.74) is 2.26. The predicted octanol–water partition coefficient (Wildman–Crippen LogP) is 3.57. The molecule has 5 nitrogen and oxygen atoms in total. The van der Waals surface area contributed by atoms with Crippen molar-refractivity contribution in [3.05, 3.63) is 41.1 Å². The van der Waals surface area contributed by atoms with Crippen LogP contribution >= 0.6 is 0 Å². The molecule has 154 valence electrons. The Labute approximate surface area is 164 Å². The number of alkyl halides is 3. The molecule has 1 unspecified atom stereocenters. The molecule has 1 aromatic rings. The summed E-state index contributed by atoms with van der Waals surface area (Å²) in [5.74, 6) is -0.634. The summed E-state index contributed by atoms with van der Waals surface area (Å²) in [4.78, 5) is 29.9. The average molecular weight is 417 g/mol. The second-order valence-electron chi connectivity index (χ2n) is 6.52. The van der Waals surface area contributed by atoms with Crippen LogP contribution in [0.15, 0.2) is 40.4 Å². The fourth-order valence-corrected chi connectivity index (χ4v) is 4.22. The van der Waals surface area contributed by atoms with Gasteiger partial charge in [0.05, 0.1) is 17.7 Å². The molecule has 0 bridgehead atoms. The third-order valence-electron chi connectivity index (χ3n) is 4.41. The molecule has 0 aromatic heterocycles. The van der Waals surface area contributed by atoms with Crippen LogP contribution in [0.1, 0.15) is 38.7 Å². The molecule has 1 aliphatic rings. The Morgan fingerprint density at radius 3 is 2.29 bits per heavy atom. The molecule has 9 heteroatoms. The van der Waals surface area contributed by atoms with E-state index in [1.54, 1.807) is 13.8 Å². The van der Waals surface area contributed by atoms with Gasteiger partial charge in [-0.05, 0) is 61.6 Å². The van der Waals surface area contributed by atoms with Crippen molar-refractivity contribution in [2.45, 2.75) is 44.2 Å². The van der Waals surface area contributed by atoms with Gasteiger partial charge in [0.2, 0.25) is 0 Å². The van der Waals surface area contributed by atoms with E-state index in [4.69, 9.17) is 4.84 Å². The number of allylic oxidation sites excluding steroid dienone is 2. The maximum absolute atomic E-state index is 12.6. The molecule has 0 spiro atoms. The van der Waals surface area contributed by atoms with Crippen molar-refractivity contribution in [2.75, 3.05) is 12.4 Å². The first kappa shape index (κ1) is 22.4. The second kappa shape index (κ2) is 9.58. The van der Waals surface area contributed by atoms with Crippen molar-refractivity contribution in [2.24, 2.45) is 5.92 Å². The van der Waals surface area contributed by atoms with E-state index < -0.39 is 22.9 Å². The van der Waals surface area contributed by atoms with E-state index in [1.165, 1.54) is 12.1 Å². The predicted molar refractivity (Wildman–Crippen MR) is 97.5 cm³/mol. The second-order valence-corrected chi connectivity index (χ2v) is 8.09. The Bertz CT molecular complexity index is 727. The molecule has 28 heavy (non-hydrogen) atoms. The van der Waals surface area contributed by atoms with Gasteiger partial charge in [-0.2, -0.15) is 13.2 Å². The van der Waals surface area contributed by atoms with E-state index in [9.17, 15) is 27.3 Å². The minimum atomic E-state index is -4.44. The molecule has 1 N–H and O–H groups in total. The highest BCUT2D eigenvalue weighted by Gasteiger charge is 2.33. The Morgan fingerprint density at radius 2 is 1.79 bits per heavy atom. The zero-order valence-electron chi connectivity index (χ0n) is 15.6. The Kier molecular flexibility index (Phi) is 7.68. The summed E-state index contributed by atoms with van der Waals surface area (Å²) >= 11 is -1.50. The van der Waals surface area contributed by atoms with E-state index in [-0.39, 0.29) is 41.7 Å². The van der Waals surface area contributed by atoms with Crippen LogP contribution < -0.4 is 5.48 Å². The van der Waals surface area contributed by atoms with E-state index in [0.29, 0.717) is 23.6 Å². The molecule has 1 atom stereocenters. The number of carbonyl (C=O) groups excluding carboxylic acids is 2. The summed E-state index contributed by atoms with van der Waals surface area (Å²) in [5, 5.41) is 0. The van der Waals surface area contributed by atoms with Gasteiger partial charge in [0.1, 0.15) is 5.75 Å². The highest BCUT2D eigenvalue weighted by Crippen LogP contribution is 2.31. The van der Waals surface area contributed by atoms with Crippen molar-refractivity contribution < 1.29 is 32.2 Å². The smallest absolute Gasteiger partial charge is 0.416 e. The Balaban J connectivity index is 1.93. The van der Waals surface area contributed by atoms with Crippen LogP contribution in [0.3, 0.4) is 0 Å². The fourth-order valence-electron chi connectivity index (χ4n) is 3.00. The summed E-state index contributed by atoms with van der Waals surface area (Å²) in [7, 11) is 0. The first-order valence-electron chi connectivity index (χ1n) is 8.84. The van der Waals surface area contributed by atoms with E-state index in [1.807, 2.05) is 0 Å². The highest BCUT2D eigenvalue weighted by molar-refractivity contribution is 7.91. The van der Waals surface area contributed by atoms with E-state index in [0.717, 1.165) is 12.1 Å². The third kappa shape index (κ3) is 5.83. The molecular formula is C19H22F3NO4S. The molecular weight excluding hydrogens is 395 g/mol. The molecule has 0 amide bonds. The van der Waals surface area contributed by atoms with Crippen LogP contribution in [-0.2, 0) is 31.8 Å². The van der Waals surface area contributed by atoms with Gasteiger partial charge in [0.25, 0.3) is 0 Å².